The second-order valence-corrected chi connectivity index (χ2v) is 7.51. The molecule has 1 aliphatic heterocycles. The van der Waals surface area contributed by atoms with Crippen LogP contribution in [0.15, 0.2) is 40.7 Å². The van der Waals surface area contributed by atoms with E-state index in [9.17, 15) is 4.79 Å². The van der Waals surface area contributed by atoms with Crippen LogP contribution in [0, 0.1) is 0 Å². The zero-order valence-corrected chi connectivity index (χ0v) is 14.8. The number of thioether (sulfide) groups is 1. The summed E-state index contributed by atoms with van der Waals surface area (Å²) in [5.41, 5.74) is 2.74. The second kappa shape index (κ2) is 6.26. The summed E-state index contributed by atoms with van der Waals surface area (Å²) in [6.45, 7) is 2.07. The number of allylic oxidation sites excluding steroid dienone is 2. The highest BCUT2D eigenvalue weighted by molar-refractivity contribution is 7.99. The van der Waals surface area contributed by atoms with Gasteiger partial charge in [-0.25, -0.2) is 4.68 Å². The SMILES string of the molecule is CCSc1nc2n(n1)[C@@H](c1cccc(Cl)c1)C1=C(CCCC1=O)N2. The van der Waals surface area contributed by atoms with E-state index in [1.165, 1.54) is 0 Å². The molecule has 1 aromatic heterocycles. The average Bonchev–Trinajstić information content (AvgIpc) is 2.95. The van der Waals surface area contributed by atoms with Gasteiger partial charge >= 0.3 is 0 Å². The topological polar surface area (TPSA) is 59.8 Å². The Kier molecular flexibility index (Phi) is 4.10. The van der Waals surface area contributed by atoms with E-state index >= 15 is 0 Å². The molecule has 0 saturated heterocycles. The number of nitrogens with one attached hydrogen (secondary N) is 1. The number of fused-ring (bicyclic) bond motifs is 1. The van der Waals surface area contributed by atoms with E-state index in [0.717, 1.165) is 40.6 Å². The molecule has 0 saturated carbocycles. The summed E-state index contributed by atoms with van der Waals surface area (Å²) >= 11 is 7.78. The zero-order chi connectivity index (χ0) is 16.7. The number of ketones is 1. The Bertz CT molecular complexity index is 845. The van der Waals surface area contributed by atoms with Crippen molar-refractivity contribution in [1.29, 1.82) is 0 Å². The first kappa shape index (κ1) is 15.7. The molecule has 0 unspecified atom stereocenters. The Balaban J connectivity index is 1.88. The van der Waals surface area contributed by atoms with Crippen LogP contribution in [0.25, 0.3) is 0 Å². The number of carbonyl (C=O) groups is 1. The molecule has 24 heavy (non-hydrogen) atoms. The first-order valence-corrected chi connectivity index (χ1v) is 9.42. The normalized spacial score (nSPS) is 19.8. The third-order valence-electron chi connectivity index (χ3n) is 4.29. The number of anilines is 1. The lowest BCUT2D eigenvalue weighted by Crippen LogP contribution is -2.31. The molecule has 0 fully saturated rings. The third-order valence-corrected chi connectivity index (χ3v) is 5.24. The molecule has 0 spiro atoms. The molecule has 124 valence electrons. The number of aromatic nitrogens is 3. The van der Waals surface area contributed by atoms with Crippen LogP contribution in [0.5, 0.6) is 0 Å². The third kappa shape index (κ3) is 2.63. The molecular weight excluding hydrogens is 344 g/mol. The minimum atomic E-state index is -0.263. The van der Waals surface area contributed by atoms with Crippen LogP contribution in [0.4, 0.5) is 5.95 Å². The van der Waals surface area contributed by atoms with Crippen molar-refractivity contribution in [2.75, 3.05) is 11.1 Å². The first-order chi connectivity index (χ1) is 11.7. The number of carbonyl (C=O) groups excluding carboxylic acids is 1. The number of benzene rings is 1. The zero-order valence-electron chi connectivity index (χ0n) is 13.3. The van der Waals surface area contributed by atoms with Gasteiger partial charge in [0, 0.05) is 22.7 Å². The van der Waals surface area contributed by atoms with Gasteiger partial charge in [0.15, 0.2) is 5.78 Å². The van der Waals surface area contributed by atoms with Crippen LogP contribution in [0.1, 0.15) is 37.8 Å². The Hall–Kier alpha value is -1.79. The van der Waals surface area contributed by atoms with Crippen molar-refractivity contribution in [2.24, 2.45) is 0 Å². The Labute approximate surface area is 149 Å². The van der Waals surface area contributed by atoms with Gasteiger partial charge in [-0.15, -0.1) is 5.10 Å². The fourth-order valence-electron chi connectivity index (χ4n) is 3.31. The van der Waals surface area contributed by atoms with Crippen molar-refractivity contribution in [3.05, 3.63) is 46.1 Å². The lowest BCUT2D eigenvalue weighted by molar-refractivity contribution is -0.116. The minimum Gasteiger partial charge on any atom is -0.328 e. The Morgan fingerprint density at radius 2 is 2.29 bits per heavy atom. The number of nitrogens with zero attached hydrogens (tertiary/aromatic N) is 3. The molecule has 2 aliphatic rings. The summed E-state index contributed by atoms with van der Waals surface area (Å²) < 4.78 is 1.83. The van der Waals surface area contributed by atoms with E-state index in [2.05, 4.69) is 22.3 Å². The predicted molar refractivity (Wildman–Crippen MR) is 95.5 cm³/mol. The summed E-state index contributed by atoms with van der Waals surface area (Å²) in [5.74, 6) is 1.78. The quantitative estimate of drug-likeness (QED) is 0.836. The van der Waals surface area contributed by atoms with Gasteiger partial charge < -0.3 is 5.32 Å². The van der Waals surface area contributed by atoms with Gasteiger partial charge in [-0.2, -0.15) is 4.98 Å². The minimum absolute atomic E-state index is 0.180. The summed E-state index contributed by atoms with van der Waals surface area (Å²) in [6, 6.07) is 7.38. The van der Waals surface area contributed by atoms with Crippen LogP contribution in [0.2, 0.25) is 5.02 Å². The molecule has 1 atom stereocenters. The van der Waals surface area contributed by atoms with Gasteiger partial charge in [0.1, 0.15) is 6.04 Å². The fourth-order valence-corrected chi connectivity index (χ4v) is 4.07. The fraction of sp³-hybridized carbons (Fsp3) is 0.353. The van der Waals surface area contributed by atoms with Crippen molar-refractivity contribution in [2.45, 2.75) is 37.4 Å². The molecule has 0 amide bonds. The molecule has 2 heterocycles. The highest BCUT2D eigenvalue weighted by atomic mass is 35.5. The summed E-state index contributed by atoms with van der Waals surface area (Å²) in [7, 11) is 0. The highest BCUT2D eigenvalue weighted by Crippen LogP contribution is 2.40. The van der Waals surface area contributed by atoms with E-state index in [1.807, 2.05) is 28.9 Å². The lowest BCUT2D eigenvalue weighted by atomic mass is 9.85. The molecular formula is C17H17ClN4OS. The van der Waals surface area contributed by atoms with Crippen LogP contribution < -0.4 is 5.32 Å². The monoisotopic (exact) mass is 360 g/mol. The molecule has 1 aromatic carbocycles. The van der Waals surface area contributed by atoms with E-state index in [-0.39, 0.29) is 11.8 Å². The van der Waals surface area contributed by atoms with Gasteiger partial charge in [-0.3, -0.25) is 4.79 Å². The first-order valence-electron chi connectivity index (χ1n) is 8.05. The van der Waals surface area contributed by atoms with Gasteiger partial charge in [-0.05, 0) is 36.3 Å². The summed E-state index contributed by atoms with van der Waals surface area (Å²) in [4.78, 5) is 17.2. The van der Waals surface area contributed by atoms with Crippen LogP contribution in [0.3, 0.4) is 0 Å². The molecule has 1 N–H and O–H groups in total. The molecule has 7 heteroatoms. The van der Waals surface area contributed by atoms with E-state index in [1.54, 1.807) is 11.8 Å². The molecule has 0 bridgehead atoms. The van der Waals surface area contributed by atoms with Gasteiger partial charge in [0.25, 0.3) is 0 Å². The van der Waals surface area contributed by atoms with Gasteiger partial charge in [0.2, 0.25) is 11.1 Å². The number of hydrogen-bond acceptors (Lipinski definition) is 5. The summed E-state index contributed by atoms with van der Waals surface area (Å²) in [6.07, 6.45) is 2.32. The highest BCUT2D eigenvalue weighted by Gasteiger charge is 2.36. The Morgan fingerprint density at radius 3 is 3.08 bits per heavy atom. The number of hydrogen-bond donors (Lipinski definition) is 1. The maximum Gasteiger partial charge on any atom is 0.227 e. The molecule has 5 nitrogen and oxygen atoms in total. The van der Waals surface area contributed by atoms with Crippen LogP contribution >= 0.6 is 23.4 Å². The van der Waals surface area contributed by atoms with Crippen LogP contribution in [-0.4, -0.2) is 26.3 Å². The van der Waals surface area contributed by atoms with E-state index in [4.69, 9.17) is 11.6 Å². The second-order valence-electron chi connectivity index (χ2n) is 5.85. The number of rotatable bonds is 3. The van der Waals surface area contributed by atoms with E-state index < -0.39 is 0 Å². The van der Waals surface area contributed by atoms with Crippen molar-refractivity contribution < 1.29 is 4.79 Å². The molecule has 2 aromatic rings. The van der Waals surface area contributed by atoms with Gasteiger partial charge in [-0.1, -0.05) is 42.4 Å². The van der Waals surface area contributed by atoms with Gasteiger partial charge in [0.05, 0.1) is 0 Å². The number of Topliss-reactive ketones (excluding diaryl/α,β-unsaturated/α-hetero) is 1. The van der Waals surface area contributed by atoms with Crippen molar-refractivity contribution >= 4 is 35.1 Å². The van der Waals surface area contributed by atoms with E-state index in [0.29, 0.717) is 17.4 Å². The largest absolute Gasteiger partial charge is 0.328 e. The Morgan fingerprint density at radius 1 is 1.42 bits per heavy atom. The van der Waals surface area contributed by atoms with Crippen molar-refractivity contribution in [1.82, 2.24) is 14.8 Å². The number of halogens is 1. The molecule has 0 radical (unpaired) electrons. The van der Waals surface area contributed by atoms with Crippen LogP contribution in [-0.2, 0) is 4.79 Å². The maximum atomic E-state index is 12.6. The summed E-state index contributed by atoms with van der Waals surface area (Å²) in [5, 5.41) is 9.33. The average molecular weight is 361 g/mol. The smallest absolute Gasteiger partial charge is 0.227 e. The molecule has 4 rings (SSSR count). The maximum absolute atomic E-state index is 12.6. The predicted octanol–water partition coefficient (Wildman–Crippen LogP) is 4.07. The lowest BCUT2D eigenvalue weighted by Gasteiger charge is -2.32. The molecule has 1 aliphatic carbocycles. The van der Waals surface area contributed by atoms with Crippen molar-refractivity contribution in [3.63, 3.8) is 0 Å². The van der Waals surface area contributed by atoms with Crippen molar-refractivity contribution in [3.8, 4) is 0 Å². The standard InChI is InChI=1S/C17H17ClN4OS/c1-2-24-17-20-16-19-12-7-4-8-13(23)14(12)15(22(16)21-17)10-5-3-6-11(18)9-10/h3,5-6,9,15H,2,4,7-8H2,1H3,(H,19,20,21)/t15-/m0/s1.